The van der Waals surface area contributed by atoms with Crippen LogP contribution in [-0.2, 0) is 4.79 Å². The number of hydrogen-bond donors (Lipinski definition) is 2. The summed E-state index contributed by atoms with van der Waals surface area (Å²) < 4.78 is 1.28. The van der Waals surface area contributed by atoms with Crippen molar-refractivity contribution in [2.45, 2.75) is 10.4 Å². The predicted octanol–water partition coefficient (Wildman–Crippen LogP) is 3.28. The molecule has 25 heavy (non-hydrogen) atoms. The second kappa shape index (κ2) is 7.35. The van der Waals surface area contributed by atoms with Gasteiger partial charge >= 0.3 is 0 Å². The van der Waals surface area contributed by atoms with Crippen molar-refractivity contribution in [2.24, 2.45) is 5.73 Å². The van der Waals surface area contributed by atoms with E-state index < -0.39 is 11.2 Å². The maximum Gasteiger partial charge on any atom is 0.235 e. The molecule has 0 aliphatic carbocycles. The monoisotopic (exact) mass is 393 g/mol. The Balaban J connectivity index is 1.94. The van der Waals surface area contributed by atoms with Gasteiger partial charge in [-0.3, -0.25) is 4.79 Å². The average Bonchev–Trinajstić information content (AvgIpc) is 2.94. The van der Waals surface area contributed by atoms with Gasteiger partial charge in [0, 0.05) is 10.6 Å². The number of amides is 1. The summed E-state index contributed by atoms with van der Waals surface area (Å²) >= 11 is 13.2. The van der Waals surface area contributed by atoms with Crippen LogP contribution in [0.1, 0.15) is 10.8 Å². The molecule has 1 aromatic heterocycles. The zero-order chi connectivity index (χ0) is 18.0. The van der Waals surface area contributed by atoms with E-state index in [1.54, 1.807) is 18.2 Å². The quantitative estimate of drug-likeness (QED) is 0.511. The fourth-order valence-electron chi connectivity index (χ4n) is 2.24. The fourth-order valence-corrected chi connectivity index (χ4v) is 3.64. The Labute approximate surface area is 158 Å². The third-order valence-corrected chi connectivity index (χ3v) is 5.20. The largest absolute Gasteiger partial charge is 0.368 e. The molecule has 4 N–H and O–H groups in total. The van der Waals surface area contributed by atoms with Crippen LogP contribution in [0.25, 0.3) is 11.4 Å². The number of primary amides is 1. The number of nitrogen functional groups attached to an aromatic ring is 1. The smallest absolute Gasteiger partial charge is 0.235 e. The summed E-state index contributed by atoms with van der Waals surface area (Å²) in [7, 11) is 0. The molecule has 1 heterocycles. The van der Waals surface area contributed by atoms with Crippen molar-refractivity contribution in [3.63, 3.8) is 0 Å². The minimum atomic E-state index is -0.638. The number of hydrogen-bond acceptors (Lipinski definition) is 5. The Morgan fingerprint density at radius 3 is 2.48 bits per heavy atom. The number of halogens is 2. The van der Waals surface area contributed by atoms with Gasteiger partial charge in [-0.15, -0.1) is 10.2 Å². The van der Waals surface area contributed by atoms with Crippen molar-refractivity contribution >= 4 is 40.9 Å². The van der Waals surface area contributed by atoms with E-state index in [0.29, 0.717) is 26.6 Å². The van der Waals surface area contributed by atoms with Crippen LogP contribution < -0.4 is 11.6 Å². The molecule has 9 heteroatoms. The highest BCUT2D eigenvalue weighted by molar-refractivity contribution is 8.00. The molecule has 0 fully saturated rings. The molecule has 3 aromatic rings. The molecule has 1 unspecified atom stereocenters. The Bertz CT molecular complexity index is 916. The van der Waals surface area contributed by atoms with Crippen LogP contribution in [0.15, 0.2) is 53.7 Å². The molecule has 0 saturated carbocycles. The van der Waals surface area contributed by atoms with Crippen LogP contribution >= 0.6 is 35.0 Å². The van der Waals surface area contributed by atoms with E-state index in [4.69, 9.17) is 34.8 Å². The van der Waals surface area contributed by atoms with E-state index in [9.17, 15) is 4.79 Å². The molecule has 2 aromatic carbocycles. The minimum absolute atomic E-state index is 0.341. The molecular weight excluding hydrogens is 381 g/mol. The number of nitrogens with zero attached hydrogens (tertiary/aromatic N) is 3. The molecule has 0 radical (unpaired) electrons. The van der Waals surface area contributed by atoms with E-state index >= 15 is 0 Å². The molecule has 128 valence electrons. The van der Waals surface area contributed by atoms with Crippen LogP contribution in [0, 0.1) is 0 Å². The van der Waals surface area contributed by atoms with E-state index in [0.717, 1.165) is 17.3 Å². The van der Waals surface area contributed by atoms with Crippen molar-refractivity contribution in [1.82, 2.24) is 14.9 Å². The van der Waals surface area contributed by atoms with Crippen molar-refractivity contribution in [2.75, 3.05) is 5.84 Å². The van der Waals surface area contributed by atoms with Gasteiger partial charge in [0.2, 0.25) is 11.1 Å². The van der Waals surface area contributed by atoms with Crippen molar-refractivity contribution < 1.29 is 4.79 Å². The first kappa shape index (κ1) is 17.6. The zero-order valence-electron chi connectivity index (χ0n) is 12.8. The van der Waals surface area contributed by atoms with Gasteiger partial charge in [-0.05, 0) is 23.8 Å². The number of aromatic nitrogens is 3. The number of carbonyl (C=O) groups excluding carboxylic acids is 1. The molecule has 6 nitrogen and oxygen atoms in total. The first-order chi connectivity index (χ1) is 12.0. The van der Waals surface area contributed by atoms with Gasteiger partial charge in [0.25, 0.3) is 0 Å². The molecule has 1 amide bonds. The Morgan fingerprint density at radius 1 is 1.12 bits per heavy atom. The lowest BCUT2D eigenvalue weighted by atomic mass is 10.1. The first-order valence-corrected chi connectivity index (χ1v) is 8.77. The molecule has 1 atom stereocenters. The molecule has 0 spiro atoms. The van der Waals surface area contributed by atoms with Crippen molar-refractivity contribution in [3.8, 4) is 11.4 Å². The predicted molar refractivity (Wildman–Crippen MR) is 99.9 cm³/mol. The van der Waals surface area contributed by atoms with Gasteiger partial charge in [-0.1, -0.05) is 65.3 Å². The van der Waals surface area contributed by atoms with Gasteiger partial charge in [-0.2, -0.15) is 0 Å². The number of carbonyl (C=O) groups is 1. The highest BCUT2D eigenvalue weighted by atomic mass is 35.5. The maximum atomic E-state index is 11.9. The molecule has 0 aliphatic heterocycles. The van der Waals surface area contributed by atoms with Crippen LogP contribution in [0.4, 0.5) is 0 Å². The van der Waals surface area contributed by atoms with Crippen LogP contribution in [0.5, 0.6) is 0 Å². The van der Waals surface area contributed by atoms with Crippen LogP contribution in [-0.4, -0.2) is 20.8 Å². The number of thioether (sulfide) groups is 1. The summed E-state index contributed by atoms with van der Waals surface area (Å²) in [6.45, 7) is 0. The average molecular weight is 394 g/mol. The number of nitrogens with two attached hydrogens (primary N) is 2. The summed E-state index contributed by atoms with van der Waals surface area (Å²) in [6.07, 6.45) is 0. The van der Waals surface area contributed by atoms with Crippen molar-refractivity contribution in [3.05, 3.63) is 64.1 Å². The highest BCUT2D eigenvalue weighted by Gasteiger charge is 2.24. The Kier molecular flexibility index (Phi) is 5.17. The van der Waals surface area contributed by atoms with Crippen LogP contribution in [0.3, 0.4) is 0 Å². The fraction of sp³-hybridized carbons (Fsp3) is 0.0625. The molecule has 0 bridgehead atoms. The minimum Gasteiger partial charge on any atom is -0.368 e. The van der Waals surface area contributed by atoms with Gasteiger partial charge in [-0.25, -0.2) is 4.68 Å². The zero-order valence-corrected chi connectivity index (χ0v) is 15.1. The third-order valence-electron chi connectivity index (χ3n) is 3.42. The normalized spacial score (nSPS) is 12.1. The number of rotatable bonds is 5. The van der Waals surface area contributed by atoms with Crippen LogP contribution in [0.2, 0.25) is 10.0 Å². The summed E-state index contributed by atoms with van der Waals surface area (Å²) in [4.78, 5) is 11.9. The summed E-state index contributed by atoms with van der Waals surface area (Å²) in [5, 5.41) is 8.73. The molecular formula is C16H13Cl2N5OS. The van der Waals surface area contributed by atoms with Gasteiger partial charge in [0.1, 0.15) is 5.25 Å². The van der Waals surface area contributed by atoms with E-state index in [-0.39, 0.29) is 0 Å². The Hall–Kier alpha value is -2.22. The standard InChI is InChI=1S/C16H13Cl2N5OS/c17-10-6-7-11(12(18)8-10)15-21-22-16(23(15)20)25-13(14(19)24)9-4-2-1-3-5-9/h1-8,13H,20H2,(H2,19,24). The van der Waals surface area contributed by atoms with E-state index in [1.807, 2.05) is 30.3 Å². The second-order valence-electron chi connectivity index (χ2n) is 5.11. The van der Waals surface area contributed by atoms with Gasteiger partial charge in [0.15, 0.2) is 5.82 Å². The maximum absolute atomic E-state index is 11.9. The molecule has 3 rings (SSSR count). The molecule has 0 aliphatic rings. The SMILES string of the molecule is NC(=O)C(Sc1nnc(-c2ccc(Cl)cc2Cl)n1N)c1ccccc1. The summed E-state index contributed by atoms with van der Waals surface area (Å²) in [5.41, 5.74) is 6.88. The highest BCUT2D eigenvalue weighted by Crippen LogP contribution is 2.36. The van der Waals surface area contributed by atoms with Gasteiger partial charge in [0.05, 0.1) is 5.02 Å². The summed E-state index contributed by atoms with van der Waals surface area (Å²) in [6, 6.07) is 14.1. The van der Waals surface area contributed by atoms with E-state index in [1.165, 1.54) is 4.68 Å². The van der Waals surface area contributed by atoms with E-state index in [2.05, 4.69) is 10.2 Å². The third kappa shape index (κ3) is 3.73. The van der Waals surface area contributed by atoms with Gasteiger partial charge < -0.3 is 11.6 Å². The first-order valence-electron chi connectivity index (χ1n) is 7.14. The molecule has 0 saturated heterocycles. The number of benzene rings is 2. The second-order valence-corrected chi connectivity index (χ2v) is 7.03. The van der Waals surface area contributed by atoms with Crippen molar-refractivity contribution in [1.29, 1.82) is 0 Å². The lowest BCUT2D eigenvalue weighted by Crippen LogP contribution is -2.20. The lowest BCUT2D eigenvalue weighted by molar-refractivity contribution is -0.117. The Morgan fingerprint density at radius 2 is 1.84 bits per heavy atom. The summed E-state index contributed by atoms with van der Waals surface area (Å²) in [5.74, 6) is 5.96. The topological polar surface area (TPSA) is 99.8 Å². The lowest BCUT2D eigenvalue weighted by Gasteiger charge is -2.12.